The number of likely N-dealkylation sites (N-methyl/N-ethyl adjacent to an activating group) is 1. The van der Waals surface area contributed by atoms with E-state index >= 15 is 0 Å². The van der Waals surface area contributed by atoms with E-state index in [4.69, 9.17) is 10.2 Å². The average Bonchev–Trinajstić information content (AvgIpc) is 3.47. The van der Waals surface area contributed by atoms with E-state index in [1.807, 2.05) is 4.90 Å². The van der Waals surface area contributed by atoms with Gasteiger partial charge >= 0.3 is 0 Å². The summed E-state index contributed by atoms with van der Waals surface area (Å²) < 4.78 is 19.0. The van der Waals surface area contributed by atoms with E-state index in [1.54, 1.807) is 46.4 Å². The number of hydrogen-bond donors (Lipinski definition) is 5. The van der Waals surface area contributed by atoms with Crippen molar-refractivity contribution in [3.05, 3.63) is 81.9 Å². The molecule has 0 aliphatic heterocycles. The first kappa shape index (κ1) is 32.0. The van der Waals surface area contributed by atoms with Gasteiger partial charge in [0.25, 0.3) is 5.91 Å². The Labute approximate surface area is 269 Å². The number of phenolic OH excluding ortho intramolecular Hbond substituents is 1. The smallest absolute Gasteiger partial charge is 0.255 e. The molecule has 0 bridgehead atoms. The second-order valence-electron chi connectivity index (χ2n) is 12.7. The van der Waals surface area contributed by atoms with E-state index in [-0.39, 0.29) is 48.4 Å². The van der Waals surface area contributed by atoms with Crippen molar-refractivity contribution in [1.82, 2.24) is 9.88 Å². The number of anilines is 1. The number of rotatable bonds is 7. The number of phenols is 1. The highest BCUT2D eigenvalue weighted by molar-refractivity contribution is 6.24. The van der Waals surface area contributed by atoms with Crippen molar-refractivity contribution in [3.8, 4) is 17.0 Å². The number of nitrogens with zero attached hydrogens (tertiary/aromatic N) is 3. The van der Waals surface area contributed by atoms with Gasteiger partial charge in [-0.05, 0) is 80.7 Å². The van der Waals surface area contributed by atoms with Crippen LogP contribution in [-0.2, 0) is 33.6 Å². The lowest BCUT2D eigenvalue weighted by Crippen LogP contribution is -2.65. The summed E-state index contributed by atoms with van der Waals surface area (Å²) in [6, 6.07) is 6.44. The first-order valence-electron chi connectivity index (χ1n) is 15.1. The number of halogens is 1. The third kappa shape index (κ3) is 4.88. The average molecular weight is 647 g/mol. The number of aromatic hydroxyl groups is 1. The van der Waals surface area contributed by atoms with Gasteiger partial charge < -0.3 is 35.5 Å². The first-order chi connectivity index (χ1) is 22.2. The van der Waals surface area contributed by atoms with Crippen LogP contribution in [0.1, 0.15) is 29.0 Å². The van der Waals surface area contributed by atoms with Gasteiger partial charge in [0, 0.05) is 43.3 Å². The summed E-state index contributed by atoms with van der Waals surface area (Å²) in [5, 5.41) is 46.2. The number of oxazole rings is 1. The minimum Gasteiger partial charge on any atom is -0.508 e. The number of fused-ring (bicyclic) bond motifs is 3. The van der Waals surface area contributed by atoms with E-state index in [9.17, 15) is 39.2 Å². The van der Waals surface area contributed by atoms with Crippen molar-refractivity contribution < 1.29 is 43.6 Å². The van der Waals surface area contributed by atoms with E-state index in [0.29, 0.717) is 34.0 Å². The molecule has 13 heteroatoms. The molecule has 246 valence electrons. The molecule has 3 aliphatic carbocycles. The molecule has 3 aromatic rings. The van der Waals surface area contributed by atoms with Gasteiger partial charge in [-0.1, -0.05) is 0 Å². The molecule has 6 N–H and O–H groups in total. The molecule has 6 rings (SSSR count). The molecule has 1 aromatic heterocycles. The Balaban J connectivity index is 1.41. The molecule has 47 heavy (non-hydrogen) atoms. The van der Waals surface area contributed by atoms with Crippen molar-refractivity contribution in [2.45, 2.75) is 37.3 Å². The summed E-state index contributed by atoms with van der Waals surface area (Å²) in [5.41, 5.74) is 4.48. The Hall–Kier alpha value is -5.01. The van der Waals surface area contributed by atoms with Crippen LogP contribution in [-0.4, -0.2) is 87.6 Å². The van der Waals surface area contributed by atoms with Crippen molar-refractivity contribution in [2.75, 3.05) is 33.1 Å². The molecule has 12 nitrogen and oxygen atoms in total. The molecular formula is C34H35FN4O8. The topological polar surface area (TPSA) is 191 Å². The maximum atomic E-state index is 14.2. The van der Waals surface area contributed by atoms with Crippen LogP contribution in [0.4, 0.5) is 10.1 Å². The summed E-state index contributed by atoms with van der Waals surface area (Å²) in [6.07, 6.45) is 2.12. The monoisotopic (exact) mass is 646 g/mol. The molecule has 2 aromatic carbocycles. The van der Waals surface area contributed by atoms with Gasteiger partial charge in [0.15, 0.2) is 17.3 Å². The van der Waals surface area contributed by atoms with E-state index < -0.39 is 58.0 Å². The number of benzene rings is 2. The van der Waals surface area contributed by atoms with Crippen LogP contribution in [0.5, 0.6) is 5.75 Å². The van der Waals surface area contributed by atoms with Crippen LogP contribution in [0.3, 0.4) is 0 Å². The number of aliphatic hydroxyl groups excluding tert-OH is 2. The van der Waals surface area contributed by atoms with E-state index in [2.05, 4.69) is 4.98 Å². The predicted octanol–water partition coefficient (Wildman–Crippen LogP) is 2.61. The SMILES string of the molecule is CN(C)c1cc(CCc2nc(-c3ccc(F)cc3)co2)c(O)c2c1C[C@H]1C[C@H]3C(N(C)C)C(=O)C(C(N)=O)=C(O)[C@@]3(O)C(=O)C1=C2O. The summed E-state index contributed by atoms with van der Waals surface area (Å²) >= 11 is 0. The number of nitrogens with two attached hydrogens (primary N) is 1. The van der Waals surface area contributed by atoms with E-state index in [0.717, 1.165) is 0 Å². The maximum Gasteiger partial charge on any atom is 0.255 e. The van der Waals surface area contributed by atoms with Gasteiger partial charge in [-0.2, -0.15) is 0 Å². The molecule has 1 unspecified atom stereocenters. The number of hydrogen-bond acceptors (Lipinski definition) is 11. The lowest BCUT2D eigenvalue weighted by atomic mass is 9.57. The summed E-state index contributed by atoms with van der Waals surface area (Å²) in [5.74, 6) is -6.97. The molecule has 0 spiro atoms. The largest absolute Gasteiger partial charge is 0.508 e. The highest BCUT2D eigenvalue weighted by Crippen LogP contribution is 2.54. The lowest BCUT2D eigenvalue weighted by molar-refractivity contribution is -0.153. The van der Waals surface area contributed by atoms with Gasteiger partial charge in [-0.15, -0.1) is 0 Å². The molecule has 1 amide bonds. The van der Waals surface area contributed by atoms with Gasteiger partial charge in [0.2, 0.25) is 5.78 Å². The van der Waals surface area contributed by atoms with Crippen LogP contribution in [0.2, 0.25) is 0 Å². The normalized spacial score (nSPS) is 23.9. The van der Waals surface area contributed by atoms with Crippen LogP contribution < -0.4 is 10.6 Å². The number of carbonyl (C=O) groups excluding carboxylic acids is 3. The third-order valence-corrected chi connectivity index (χ3v) is 9.56. The zero-order chi connectivity index (χ0) is 34.1. The fourth-order valence-corrected chi connectivity index (χ4v) is 7.36. The highest BCUT2D eigenvalue weighted by Gasteiger charge is 2.64. The zero-order valence-electron chi connectivity index (χ0n) is 26.2. The Bertz CT molecular complexity index is 1890. The molecule has 1 heterocycles. The Kier molecular flexibility index (Phi) is 7.72. The molecule has 4 atom stereocenters. The maximum absolute atomic E-state index is 14.2. The van der Waals surface area contributed by atoms with Crippen molar-refractivity contribution in [2.24, 2.45) is 17.6 Å². The van der Waals surface area contributed by atoms with Crippen molar-refractivity contribution in [1.29, 1.82) is 0 Å². The van der Waals surface area contributed by atoms with Gasteiger partial charge in [-0.3, -0.25) is 19.3 Å². The number of carbonyl (C=O) groups is 3. The van der Waals surface area contributed by atoms with Crippen molar-refractivity contribution >= 4 is 28.9 Å². The fourth-order valence-electron chi connectivity index (χ4n) is 7.36. The number of aliphatic hydroxyl groups is 3. The molecule has 0 radical (unpaired) electrons. The summed E-state index contributed by atoms with van der Waals surface area (Å²) in [4.78, 5) is 47.5. The second kappa shape index (κ2) is 11.4. The number of primary amides is 1. The van der Waals surface area contributed by atoms with Crippen LogP contribution >= 0.6 is 0 Å². The quantitative estimate of drug-likeness (QED) is 0.237. The van der Waals surface area contributed by atoms with Gasteiger partial charge in [0.1, 0.15) is 40.6 Å². The number of aromatic nitrogens is 1. The predicted molar refractivity (Wildman–Crippen MR) is 168 cm³/mol. The highest BCUT2D eigenvalue weighted by atomic mass is 19.1. The Morgan fingerprint density at radius 2 is 1.79 bits per heavy atom. The lowest BCUT2D eigenvalue weighted by Gasteiger charge is -2.50. The van der Waals surface area contributed by atoms with Gasteiger partial charge in [0.05, 0.1) is 11.6 Å². The molecule has 3 aliphatic rings. The minimum atomic E-state index is -2.71. The minimum absolute atomic E-state index is 0.00168. The molecule has 1 saturated carbocycles. The second-order valence-corrected chi connectivity index (χ2v) is 12.7. The zero-order valence-corrected chi connectivity index (χ0v) is 26.2. The third-order valence-electron chi connectivity index (χ3n) is 9.56. The molecule has 1 fully saturated rings. The van der Waals surface area contributed by atoms with Crippen LogP contribution in [0.15, 0.2) is 57.9 Å². The first-order valence-corrected chi connectivity index (χ1v) is 15.1. The Morgan fingerprint density at radius 1 is 1.11 bits per heavy atom. The Morgan fingerprint density at radius 3 is 2.40 bits per heavy atom. The summed E-state index contributed by atoms with van der Waals surface area (Å²) in [7, 11) is 6.71. The van der Waals surface area contributed by atoms with Crippen molar-refractivity contribution in [3.63, 3.8) is 0 Å². The summed E-state index contributed by atoms with van der Waals surface area (Å²) in [6.45, 7) is 0. The number of amides is 1. The number of ketones is 2. The van der Waals surface area contributed by atoms with Crippen LogP contribution in [0.25, 0.3) is 17.0 Å². The number of aryl methyl sites for hydroxylation is 2. The molecular weight excluding hydrogens is 611 g/mol. The fraction of sp³-hybridized carbons (Fsp3) is 0.353. The standard InChI is InChI=1S/C34H35FN4O8/c1-38(2)22-13-16(7-10-23-37-21(14-47-23)15-5-8-18(35)9-6-15)28(40)25-19(22)11-17-12-20-27(39(3)4)30(42)26(33(36)45)32(44)34(20,46)31(43)24(17)29(25)41/h5-6,8-9,13-14,17,20,27,40-41,44,46H,7,10-12H2,1-4H3,(H2,36,45)/t17-,20-,27?,34-/m0/s1. The molecule has 0 saturated heterocycles. The van der Waals surface area contributed by atoms with E-state index in [1.165, 1.54) is 23.3 Å². The van der Waals surface area contributed by atoms with Gasteiger partial charge in [-0.25, -0.2) is 9.37 Å². The van der Waals surface area contributed by atoms with Crippen LogP contribution in [0, 0.1) is 17.7 Å². The number of Topliss-reactive ketones (excluding diaryl/α,β-unsaturated/α-hetero) is 2.